The number of guanidine groups is 1. The summed E-state index contributed by atoms with van der Waals surface area (Å²) >= 11 is 0. The largest absolute Gasteiger partial charge is 0.325 e. The number of benzene rings is 1. The molecular formula is C13H22N4. The van der Waals surface area contributed by atoms with Crippen molar-refractivity contribution >= 4 is 11.6 Å². The van der Waals surface area contributed by atoms with Crippen molar-refractivity contribution in [3.63, 3.8) is 0 Å². The summed E-state index contributed by atoms with van der Waals surface area (Å²) in [5, 5.41) is 3.14. The average molecular weight is 234 g/mol. The first-order valence-electron chi connectivity index (χ1n) is 5.94. The number of anilines is 1. The van der Waals surface area contributed by atoms with Crippen LogP contribution in [0.3, 0.4) is 0 Å². The van der Waals surface area contributed by atoms with Crippen LogP contribution in [0.4, 0.5) is 5.69 Å². The monoisotopic (exact) mass is 234 g/mol. The highest BCUT2D eigenvalue weighted by Gasteiger charge is 2.01. The van der Waals surface area contributed by atoms with E-state index in [9.17, 15) is 0 Å². The van der Waals surface area contributed by atoms with Crippen molar-refractivity contribution in [2.45, 2.75) is 39.7 Å². The highest BCUT2D eigenvalue weighted by Crippen LogP contribution is 2.16. The Kier molecular flexibility index (Phi) is 4.97. The highest BCUT2D eigenvalue weighted by molar-refractivity contribution is 5.93. The molecule has 0 amide bonds. The molecule has 4 nitrogen and oxygen atoms in total. The van der Waals surface area contributed by atoms with Gasteiger partial charge < -0.3 is 5.32 Å². The first-order valence-corrected chi connectivity index (χ1v) is 5.94. The first-order chi connectivity index (χ1) is 8.02. The third-order valence-corrected chi connectivity index (χ3v) is 2.36. The molecule has 17 heavy (non-hydrogen) atoms. The lowest BCUT2D eigenvalue weighted by Crippen LogP contribution is -2.36. The third kappa shape index (κ3) is 4.44. The predicted molar refractivity (Wildman–Crippen MR) is 74.0 cm³/mol. The molecule has 94 valence electrons. The highest BCUT2D eigenvalue weighted by atomic mass is 15.3. The molecule has 0 aliphatic rings. The van der Waals surface area contributed by atoms with Gasteiger partial charge in [-0.15, -0.1) is 0 Å². The van der Waals surface area contributed by atoms with Gasteiger partial charge in [-0.3, -0.25) is 5.43 Å². The molecule has 0 bridgehead atoms. The van der Waals surface area contributed by atoms with Crippen molar-refractivity contribution in [2.75, 3.05) is 5.32 Å². The van der Waals surface area contributed by atoms with Crippen LogP contribution >= 0.6 is 0 Å². The van der Waals surface area contributed by atoms with Crippen molar-refractivity contribution < 1.29 is 0 Å². The standard InChI is InChI=1S/C13H22N4/c1-9(2)11-5-7-12(8-6-11)16-13(17-14)15-10(3)4/h5-10H,14H2,1-4H3,(H2,15,16,17). The van der Waals surface area contributed by atoms with Crippen molar-refractivity contribution in [1.29, 1.82) is 0 Å². The molecule has 4 N–H and O–H groups in total. The van der Waals surface area contributed by atoms with Gasteiger partial charge in [0.2, 0.25) is 5.96 Å². The van der Waals surface area contributed by atoms with Gasteiger partial charge >= 0.3 is 0 Å². The number of rotatable bonds is 3. The van der Waals surface area contributed by atoms with Crippen LogP contribution in [-0.4, -0.2) is 12.0 Å². The molecule has 1 rings (SSSR count). The molecule has 0 heterocycles. The zero-order valence-electron chi connectivity index (χ0n) is 11.0. The molecule has 0 aliphatic heterocycles. The molecule has 0 atom stereocenters. The second kappa shape index (κ2) is 6.25. The van der Waals surface area contributed by atoms with E-state index in [1.807, 2.05) is 26.0 Å². The molecule has 0 saturated carbocycles. The maximum Gasteiger partial charge on any atom is 0.210 e. The average Bonchev–Trinajstić information content (AvgIpc) is 2.28. The van der Waals surface area contributed by atoms with Crippen LogP contribution in [0.15, 0.2) is 29.3 Å². The van der Waals surface area contributed by atoms with Gasteiger partial charge in [-0.25, -0.2) is 10.8 Å². The number of hydrazine groups is 1. The molecule has 0 aliphatic carbocycles. The smallest absolute Gasteiger partial charge is 0.210 e. The summed E-state index contributed by atoms with van der Waals surface area (Å²) in [6, 6.07) is 8.47. The summed E-state index contributed by atoms with van der Waals surface area (Å²) in [7, 11) is 0. The van der Waals surface area contributed by atoms with Gasteiger partial charge in [0.15, 0.2) is 0 Å². The third-order valence-electron chi connectivity index (χ3n) is 2.36. The summed E-state index contributed by atoms with van der Waals surface area (Å²) in [6.45, 7) is 8.35. The van der Waals surface area contributed by atoms with Crippen molar-refractivity contribution in [2.24, 2.45) is 10.8 Å². The molecule has 0 radical (unpaired) electrons. The van der Waals surface area contributed by atoms with Crippen LogP contribution in [-0.2, 0) is 0 Å². The topological polar surface area (TPSA) is 62.4 Å². The van der Waals surface area contributed by atoms with Gasteiger partial charge in [-0.1, -0.05) is 26.0 Å². The molecule has 0 unspecified atom stereocenters. The van der Waals surface area contributed by atoms with Crippen molar-refractivity contribution in [3.05, 3.63) is 29.8 Å². The lowest BCUT2D eigenvalue weighted by atomic mass is 10.0. The fourth-order valence-corrected chi connectivity index (χ4v) is 1.45. The van der Waals surface area contributed by atoms with Gasteiger partial charge in [-0.05, 0) is 37.5 Å². The lowest BCUT2D eigenvalue weighted by Gasteiger charge is -2.11. The maximum atomic E-state index is 5.40. The minimum Gasteiger partial charge on any atom is -0.325 e. The fourth-order valence-electron chi connectivity index (χ4n) is 1.45. The van der Waals surface area contributed by atoms with E-state index in [-0.39, 0.29) is 6.04 Å². The second-order valence-corrected chi connectivity index (χ2v) is 4.62. The minimum atomic E-state index is 0.198. The number of nitrogens with one attached hydrogen (secondary N) is 2. The summed E-state index contributed by atoms with van der Waals surface area (Å²) in [6.07, 6.45) is 0. The normalized spacial score (nSPS) is 12.1. The summed E-state index contributed by atoms with van der Waals surface area (Å²) in [4.78, 5) is 4.32. The lowest BCUT2D eigenvalue weighted by molar-refractivity contribution is 0.819. The first kappa shape index (κ1) is 13.5. The fraction of sp³-hybridized carbons (Fsp3) is 0.462. The second-order valence-electron chi connectivity index (χ2n) is 4.62. The van der Waals surface area contributed by atoms with E-state index in [0.29, 0.717) is 11.9 Å². The number of hydrogen-bond donors (Lipinski definition) is 3. The number of nitrogens with two attached hydrogens (primary N) is 1. The Bertz CT molecular complexity index is 366. The van der Waals surface area contributed by atoms with Gasteiger partial charge in [0, 0.05) is 11.7 Å². The van der Waals surface area contributed by atoms with E-state index in [1.165, 1.54) is 5.56 Å². The molecular weight excluding hydrogens is 212 g/mol. The summed E-state index contributed by atoms with van der Waals surface area (Å²) in [5.41, 5.74) is 4.85. The summed E-state index contributed by atoms with van der Waals surface area (Å²) < 4.78 is 0. The van der Waals surface area contributed by atoms with Gasteiger partial charge in [0.05, 0.1) is 0 Å². The Labute approximate surface area is 103 Å². The van der Waals surface area contributed by atoms with E-state index in [4.69, 9.17) is 5.84 Å². The Morgan fingerprint density at radius 1 is 1.12 bits per heavy atom. The van der Waals surface area contributed by atoms with Crippen LogP contribution in [0.25, 0.3) is 0 Å². The Morgan fingerprint density at radius 2 is 1.71 bits per heavy atom. The zero-order chi connectivity index (χ0) is 12.8. The SMILES string of the molecule is CC(C)N=C(NN)Nc1ccc(C(C)C)cc1. The van der Waals surface area contributed by atoms with Crippen LogP contribution in [0.2, 0.25) is 0 Å². The van der Waals surface area contributed by atoms with Crippen LogP contribution in [0.5, 0.6) is 0 Å². The predicted octanol–water partition coefficient (Wildman–Crippen LogP) is 2.45. The van der Waals surface area contributed by atoms with Crippen molar-refractivity contribution in [1.82, 2.24) is 5.43 Å². The van der Waals surface area contributed by atoms with E-state index < -0.39 is 0 Å². The Morgan fingerprint density at radius 3 is 2.12 bits per heavy atom. The zero-order valence-corrected chi connectivity index (χ0v) is 11.0. The molecule has 4 heteroatoms. The van der Waals surface area contributed by atoms with E-state index >= 15 is 0 Å². The minimum absolute atomic E-state index is 0.198. The van der Waals surface area contributed by atoms with Gasteiger partial charge in [0.25, 0.3) is 0 Å². The van der Waals surface area contributed by atoms with Crippen LogP contribution in [0.1, 0.15) is 39.2 Å². The molecule has 0 spiro atoms. The number of aliphatic imine (C=N–C) groups is 1. The molecule has 1 aromatic carbocycles. The molecule has 0 saturated heterocycles. The molecule has 1 aromatic rings. The van der Waals surface area contributed by atoms with Crippen molar-refractivity contribution in [3.8, 4) is 0 Å². The van der Waals surface area contributed by atoms with E-state index in [2.05, 4.69) is 41.7 Å². The maximum absolute atomic E-state index is 5.40. The van der Waals surface area contributed by atoms with Gasteiger partial charge in [-0.2, -0.15) is 0 Å². The number of hydrogen-bond acceptors (Lipinski definition) is 2. The Hall–Kier alpha value is -1.55. The molecule has 0 fully saturated rings. The summed E-state index contributed by atoms with van der Waals surface area (Å²) in [5.74, 6) is 6.53. The van der Waals surface area contributed by atoms with Crippen LogP contribution in [0, 0.1) is 0 Å². The van der Waals surface area contributed by atoms with Gasteiger partial charge in [0.1, 0.15) is 0 Å². The van der Waals surface area contributed by atoms with E-state index in [1.54, 1.807) is 0 Å². The van der Waals surface area contributed by atoms with E-state index in [0.717, 1.165) is 5.69 Å². The molecule has 0 aromatic heterocycles. The quantitative estimate of drug-likeness (QED) is 0.326. The van der Waals surface area contributed by atoms with Crippen LogP contribution < -0.4 is 16.6 Å². The number of nitrogens with zero attached hydrogens (tertiary/aromatic N) is 1. The Balaban J connectivity index is 2.74.